The highest BCUT2D eigenvalue weighted by Crippen LogP contribution is 2.44. The molecule has 186 valence electrons. The number of fused-ring (bicyclic) bond motifs is 3. The summed E-state index contributed by atoms with van der Waals surface area (Å²) in [4.78, 5) is 38.2. The fourth-order valence-electron chi connectivity index (χ4n) is 4.65. The summed E-state index contributed by atoms with van der Waals surface area (Å²) in [7, 11) is 0. The molecule has 0 aromatic heterocycles. The summed E-state index contributed by atoms with van der Waals surface area (Å²) in [5, 5.41) is 11.9. The van der Waals surface area contributed by atoms with Crippen LogP contribution in [0.15, 0.2) is 61.2 Å². The number of aliphatic carboxylic acids is 1. The van der Waals surface area contributed by atoms with Crippen molar-refractivity contribution in [3.63, 3.8) is 0 Å². The van der Waals surface area contributed by atoms with Crippen molar-refractivity contribution < 1.29 is 24.2 Å². The first-order valence-corrected chi connectivity index (χ1v) is 11.8. The average Bonchev–Trinajstić information content (AvgIpc) is 3.12. The van der Waals surface area contributed by atoms with Crippen LogP contribution < -0.4 is 5.32 Å². The van der Waals surface area contributed by atoms with Crippen LogP contribution in [0.5, 0.6) is 0 Å². The summed E-state index contributed by atoms with van der Waals surface area (Å²) in [5.41, 5.74) is 4.33. The molecule has 2 aromatic carbocycles. The SMILES string of the molecule is C=CCN(CC(=O)O)C(=O)C(CNC(=O)OCC1c2ccccc2-c2ccccc21)CC(C)(C)C. The Morgan fingerprint density at radius 2 is 1.66 bits per heavy atom. The van der Waals surface area contributed by atoms with Gasteiger partial charge in [-0.05, 0) is 34.1 Å². The summed E-state index contributed by atoms with van der Waals surface area (Å²) < 4.78 is 5.59. The molecule has 7 nitrogen and oxygen atoms in total. The molecule has 0 aliphatic heterocycles. The van der Waals surface area contributed by atoms with E-state index in [9.17, 15) is 19.5 Å². The lowest BCUT2D eigenvalue weighted by atomic mass is 9.84. The molecule has 0 radical (unpaired) electrons. The number of hydrogen-bond acceptors (Lipinski definition) is 4. The second kappa shape index (κ2) is 11.2. The predicted octanol–water partition coefficient (Wildman–Crippen LogP) is 4.68. The first-order chi connectivity index (χ1) is 16.6. The van der Waals surface area contributed by atoms with Gasteiger partial charge in [-0.1, -0.05) is 75.4 Å². The van der Waals surface area contributed by atoms with Crippen LogP contribution in [0.3, 0.4) is 0 Å². The second-order valence-corrected chi connectivity index (χ2v) is 10.1. The van der Waals surface area contributed by atoms with Gasteiger partial charge in [-0.15, -0.1) is 6.58 Å². The van der Waals surface area contributed by atoms with Gasteiger partial charge >= 0.3 is 12.1 Å². The van der Waals surface area contributed by atoms with Gasteiger partial charge in [-0.2, -0.15) is 0 Å². The molecule has 0 saturated carbocycles. The van der Waals surface area contributed by atoms with Crippen molar-refractivity contribution >= 4 is 18.0 Å². The summed E-state index contributed by atoms with van der Waals surface area (Å²) in [5.74, 6) is -2.08. The van der Waals surface area contributed by atoms with Gasteiger partial charge in [0.15, 0.2) is 0 Å². The van der Waals surface area contributed by atoms with E-state index in [-0.39, 0.29) is 36.9 Å². The molecule has 0 saturated heterocycles. The van der Waals surface area contributed by atoms with E-state index in [0.29, 0.717) is 6.42 Å². The number of alkyl carbamates (subject to hydrolysis) is 1. The summed E-state index contributed by atoms with van der Waals surface area (Å²) in [6.07, 6.45) is 1.36. The van der Waals surface area contributed by atoms with E-state index in [4.69, 9.17) is 4.74 Å². The number of nitrogens with zero attached hydrogens (tertiary/aromatic N) is 1. The van der Waals surface area contributed by atoms with E-state index in [1.54, 1.807) is 0 Å². The van der Waals surface area contributed by atoms with Crippen molar-refractivity contribution in [3.05, 3.63) is 72.3 Å². The molecule has 1 aliphatic rings. The number of nitrogens with one attached hydrogen (secondary N) is 1. The summed E-state index contributed by atoms with van der Waals surface area (Å²) in [6.45, 7) is 9.54. The molecule has 3 rings (SSSR count). The normalized spacial score (nSPS) is 13.3. The molecule has 0 heterocycles. The Morgan fingerprint density at radius 3 is 2.17 bits per heavy atom. The Kier molecular flexibility index (Phi) is 8.33. The molecule has 2 N–H and O–H groups in total. The number of carboxylic acid groups (broad SMARTS) is 1. The lowest BCUT2D eigenvalue weighted by Gasteiger charge is -2.29. The van der Waals surface area contributed by atoms with Gasteiger partial charge in [0.1, 0.15) is 13.2 Å². The van der Waals surface area contributed by atoms with Gasteiger partial charge in [-0.25, -0.2) is 4.79 Å². The predicted molar refractivity (Wildman–Crippen MR) is 135 cm³/mol. The molecular weight excluding hydrogens is 444 g/mol. The highest BCUT2D eigenvalue weighted by molar-refractivity contribution is 5.84. The van der Waals surface area contributed by atoms with Gasteiger partial charge in [0, 0.05) is 19.0 Å². The molecule has 0 spiro atoms. The number of rotatable bonds is 10. The van der Waals surface area contributed by atoms with Crippen LogP contribution in [0.2, 0.25) is 0 Å². The first kappa shape index (κ1) is 26.0. The maximum absolute atomic E-state index is 13.1. The fourth-order valence-corrected chi connectivity index (χ4v) is 4.65. The molecule has 2 aromatic rings. The van der Waals surface area contributed by atoms with Crippen molar-refractivity contribution in [1.29, 1.82) is 0 Å². The Morgan fingerprint density at radius 1 is 1.09 bits per heavy atom. The lowest BCUT2D eigenvalue weighted by Crippen LogP contribution is -2.45. The monoisotopic (exact) mass is 478 g/mol. The van der Waals surface area contributed by atoms with E-state index < -0.39 is 24.5 Å². The van der Waals surface area contributed by atoms with E-state index >= 15 is 0 Å². The van der Waals surface area contributed by atoms with Crippen LogP contribution in [0.25, 0.3) is 11.1 Å². The topological polar surface area (TPSA) is 95.9 Å². The van der Waals surface area contributed by atoms with E-state index in [1.165, 1.54) is 11.0 Å². The lowest BCUT2D eigenvalue weighted by molar-refractivity contribution is -0.146. The van der Waals surface area contributed by atoms with Crippen LogP contribution in [0, 0.1) is 11.3 Å². The Bertz CT molecular complexity index is 1040. The highest BCUT2D eigenvalue weighted by Gasteiger charge is 2.31. The fraction of sp³-hybridized carbons (Fsp3) is 0.393. The largest absolute Gasteiger partial charge is 0.480 e. The van der Waals surface area contributed by atoms with Gasteiger partial charge < -0.3 is 20.1 Å². The van der Waals surface area contributed by atoms with Crippen LogP contribution >= 0.6 is 0 Å². The molecule has 1 unspecified atom stereocenters. The van der Waals surface area contributed by atoms with Crippen LogP contribution in [0.1, 0.15) is 44.2 Å². The van der Waals surface area contributed by atoms with Crippen molar-refractivity contribution in [3.8, 4) is 11.1 Å². The number of carbonyl (C=O) groups is 3. The van der Waals surface area contributed by atoms with Crippen LogP contribution in [0.4, 0.5) is 4.79 Å². The summed E-state index contributed by atoms with van der Waals surface area (Å²) >= 11 is 0. The third-order valence-corrected chi connectivity index (χ3v) is 6.03. The zero-order chi connectivity index (χ0) is 25.6. The quantitative estimate of drug-likeness (QED) is 0.484. The van der Waals surface area contributed by atoms with E-state index in [1.807, 2.05) is 45.0 Å². The Balaban J connectivity index is 1.65. The number of carboxylic acids is 1. The van der Waals surface area contributed by atoms with Crippen molar-refractivity contribution in [1.82, 2.24) is 10.2 Å². The van der Waals surface area contributed by atoms with Gasteiger partial charge in [0.05, 0.1) is 5.92 Å². The van der Waals surface area contributed by atoms with Crippen molar-refractivity contribution in [2.24, 2.45) is 11.3 Å². The standard InChI is InChI=1S/C28H34N2O5/c1-5-14-30(17-25(31)32)26(33)19(15-28(2,3)4)16-29-27(34)35-18-24-22-12-8-6-10-20(22)21-11-7-9-13-23(21)24/h5-13,19,24H,1,14-18H2,2-4H3,(H,29,34)(H,31,32). The smallest absolute Gasteiger partial charge is 0.407 e. The van der Waals surface area contributed by atoms with E-state index in [0.717, 1.165) is 22.3 Å². The average molecular weight is 479 g/mol. The summed E-state index contributed by atoms with van der Waals surface area (Å²) in [6, 6.07) is 16.2. The minimum absolute atomic E-state index is 0.0556. The zero-order valence-corrected chi connectivity index (χ0v) is 20.6. The molecular formula is C28H34N2O5. The third kappa shape index (κ3) is 6.72. The van der Waals surface area contributed by atoms with Crippen molar-refractivity contribution in [2.45, 2.75) is 33.1 Å². The van der Waals surface area contributed by atoms with Crippen LogP contribution in [-0.2, 0) is 14.3 Å². The second-order valence-electron chi connectivity index (χ2n) is 10.1. The van der Waals surface area contributed by atoms with Gasteiger partial charge in [0.25, 0.3) is 0 Å². The zero-order valence-electron chi connectivity index (χ0n) is 20.6. The van der Waals surface area contributed by atoms with Gasteiger partial charge in [0.2, 0.25) is 5.91 Å². The van der Waals surface area contributed by atoms with Crippen molar-refractivity contribution in [2.75, 3.05) is 26.2 Å². The van der Waals surface area contributed by atoms with Gasteiger partial charge in [-0.3, -0.25) is 9.59 Å². The molecule has 1 atom stereocenters. The molecule has 0 fully saturated rings. The maximum atomic E-state index is 13.1. The first-order valence-electron chi connectivity index (χ1n) is 11.8. The molecule has 2 amide bonds. The molecule has 1 aliphatic carbocycles. The number of ether oxygens (including phenoxy) is 1. The minimum Gasteiger partial charge on any atom is -0.480 e. The number of amides is 2. The van der Waals surface area contributed by atoms with E-state index in [2.05, 4.69) is 36.2 Å². The molecule has 7 heteroatoms. The third-order valence-electron chi connectivity index (χ3n) is 6.03. The molecule has 35 heavy (non-hydrogen) atoms. The highest BCUT2D eigenvalue weighted by atomic mass is 16.5. The number of benzene rings is 2. The maximum Gasteiger partial charge on any atom is 0.407 e. The Labute approximate surface area is 206 Å². The minimum atomic E-state index is -1.10. The van der Waals surface area contributed by atoms with Crippen LogP contribution in [-0.4, -0.2) is 54.2 Å². The Hall–Kier alpha value is -3.61. The number of carbonyl (C=O) groups excluding carboxylic acids is 2. The number of hydrogen-bond donors (Lipinski definition) is 2. The molecule has 0 bridgehead atoms.